The minimum absolute atomic E-state index is 0.325. The van der Waals surface area contributed by atoms with Crippen LogP contribution in [0.5, 0.6) is 0 Å². The molecule has 0 aliphatic heterocycles. The predicted octanol–water partition coefficient (Wildman–Crippen LogP) is 2.08. The number of hydrogen-bond acceptors (Lipinski definition) is 3. The molecule has 1 atom stereocenters. The number of ether oxygens (including phenoxy) is 2. The summed E-state index contributed by atoms with van der Waals surface area (Å²) in [6.07, 6.45) is 0.325. The van der Waals surface area contributed by atoms with Crippen LogP contribution in [0, 0.1) is 0 Å². The second kappa shape index (κ2) is 6.37. The number of carboxylic acid groups (broad SMARTS) is 1. The van der Waals surface area contributed by atoms with Crippen molar-refractivity contribution in [3.63, 3.8) is 0 Å². The molecule has 0 saturated heterocycles. The number of benzene rings is 1. The molecule has 0 aliphatic rings. The van der Waals surface area contributed by atoms with E-state index in [1.807, 2.05) is 30.3 Å². The molecule has 17 heavy (non-hydrogen) atoms. The van der Waals surface area contributed by atoms with E-state index < -0.39 is 11.6 Å². The molecule has 0 heterocycles. The lowest BCUT2D eigenvalue weighted by Crippen LogP contribution is -2.38. The van der Waals surface area contributed by atoms with E-state index in [2.05, 4.69) is 0 Å². The van der Waals surface area contributed by atoms with Crippen LogP contribution in [-0.2, 0) is 20.9 Å². The minimum Gasteiger partial charge on any atom is -0.479 e. The number of methoxy groups -OCH3 is 1. The van der Waals surface area contributed by atoms with Gasteiger partial charge < -0.3 is 14.6 Å². The van der Waals surface area contributed by atoms with Crippen LogP contribution in [0.25, 0.3) is 0 Å². The first-order valence-corrected chi connectivity index (χ1v) is 5.49. The second-order valence-electron chi connectivity index (χ2n) is 4.03. The molecule has 1 N–H and O–H groups in total. The molecule has 0 bridgehead atoms. The van der Waals surface area contributed by atoms with Crippen LogP contribution in [0.1, 0.15) is 18.9 Å². The molecule has 1 unspecified atom stereocenters. The maximum absolute atomic E-state index is 10.9. The van der Waals surface area contributed by atoms with E-state index in [1.54, 1.807) is 6.92 Å². The van der Waals surface area contributed by atoms with Gasteiger partial charge in [0, 0.05) is 13.5 Å². The summed E-state index contributed by atoms with van der Waals surface area (Å²) in [6, 6.07) is 9.75. The third-order valence-corrected chi connectivity index (χ3v) is 2.74. The van der Waals surface area contributed by atoms with E-state index in [0.717, 1.165) is 5.56 Å². The van der Waals surface area contributed by atoms with Gasteiger partial charge in [-0.1, -0.05) is 30.3 Å². The Hall–Kier alpha value is -1.39. The number of carboxylic acids is 1. The zero-order chi connectivity index (χ0) is 12.7. The maximum atomic E-state index is 10.9. The van der Waals surface area contributed by atoms with Crippen LogP contribution in [-0.4, -0.2) is 30.4 Å². The van der Waals surface area contributed by atoms with Gasteiger partial charge in [-0.15, -0.1) is 0 Å². The van der Waals surface area contributed by atoms with E-state index in [-0.39, 0.29) is 0 Å². The van der Waals surface area contributed by atoms with E-state index in [4.69, 9.17) is 14.6 Å². The summed E-state index contributed by atoms with van der Waals surface area (Å²) >= 11 is 0. The van der Waals surface area contributed by atoms with Crippen LogP contribution in [0.15, 0.2) is 30.3 Å². The first kappa shape index (κ1) is 13.7. The molecule has 0 spiro atoms. The van der Waals surface area contributed by atoms with Crippen molar-refractivity contribution in [1.29, 1.82) is 0 Å². The highest BCUT2D eigenvalue weighted by atomic mass is 16.5. The Balaban J connectivity index is 2.31. The van der Waals surface area contributed by atoms with E-state index in [0.29, 0.717) is 19.6 Å². The highest BCUT2D eigenvalue weighted by molar-refractivity contribution is 5.76. The Morgan fingerprint density at radius 1 is 1.35 bits per heavy atom. The highest BCUT2D eigenvalue weighted by Crippen LogP contribution is 2.15. The molecule has 0 radical (unpaired) electrons. The minimum atomic E-state index is -1.17. The van der Waals surface area contributed by atoms with Crippen molar-refractivity contribution < 1.29 is 19.4 Å². The fourth-order valence-electron chi connectivity index (χ4n) is 1.33. The van der Waals surface area contributed by atoms with Crippen molar-refractivity contribution in [2.75, 3.05) is 13.7 Å². The number of hydrogen-bond donors (Lipinski definition) is 1. The molecule has 1 rings (SSSR count). The lowest BCUT2D eigenvalue weighted by atomic mass is 10.0. The van der Waals surface area contributed by atoms with Crippen molar-refractivity contribution >= 4 is 5.97 Å². The van der Waals surface area contributed by atoms with Gasteiger partial charge >= 0.3 is 5.97 Å². The molecule has 0 fully saturated rings. The smallest absolute Gasteiger partial charge is 0.335 e. The molecule has 1 aromatic rings. The van der Waals surface area contributed by atoms with Gasteiger partial charge in [-0.2, -0.15) is 0 Å². The average Bonchev–Trinajstić information content (AvgIpc) is 2.35. The summed E-state index contributed by atoms with van der Waals surface area (Å²) in [5.74, 6) is -0.969. The van der Waals surface area contributed by atoms with Gasteiger partial charge in [0.15, 0.2) is 5.60 Å². The first-order chi connectivity index (χ1) is 8.08. The van der Waals surface area contributed by atoms with Crippen molar-refractivity contribution in [3.8, 4) is 0 Å². The number of rotatable bonds is 7. The number of carbonyl (C=O) groups is 1. The fourth-order valence-corrected chi connectivity index (χ4v) is 1.33. The fraction of sp³-hybridized carbons (Fsp3) is 0.462. The lowest BCUT2D eigenvalue weighted by Gasteiger charge is -2.22. The van der Waals surface area contributed by atoms with Crippen LogP contribution in [0.3, 0.4) is 0 Å². The summed E-state index contributed by atoms with van der Waals surface area (Å²) in [5.41, 5.74) is -0.0987. The van der Waals surface area contributed by atoms with Crippen molar-refractivity contribution in [2.45, 2.75) is 25.6 Å². The Labute approximate surface area is 101 Å². The van der Waals surface area contributed by atoms with Crippen LogP contribution in [0.2, 0.25) is 0 Å². The Morgan fingerprint density at radius 2 is 2.00 bits per heavy atom. The average molecular weight is 238 g/mol. The van der Waals surface area contributed by atoms with Gasteiger partial charge in [0.2, 0.25) is 0 Å². The summed E-state index contributed by atoms with van der Waals surface area (Å²) in [6.45, 7) is 2.38. The Kier molecular flexibility index (Phi) is 5.12. The molecule has 0 saturated carbocycles. The van der Waals surface area contributed by atoms with Gasteiger partial charge in [0.25, 0.3) is 0 Å². The molecule has 1 aromatic carbocycles. The third-order valence-electron chi connectivity index (χ3n) is 2.74. The third kappa shape index (κ3) is 4.17. The summed E-state index contributed by atoms with van der Waals surface area (Å²) in [5, 5.41) is 8.97. The summed E-state index contributed by atoms with van der Waals surface area (Å²) in [7, 11) is 1.39. The maximum Gasteiger partial charge on any atom is 0.335 e. The Bertz CT molecular complexity index is 350. The molecule has 0 aliphatic carbocycles. The first-order valence-electron chi connectivity index (χ1n) is 5.49. The monoisotopic (exact) mass is 238 g/mol. The van der Waals surface area contributed by atoms with Crippen LogP contribution < -0.4 is 0 Å². The molecule has 0 amide bonds. The van der Waals surface area contributed by atoms with E-state index in [1.165, 1.54) is 7.11 Å². The van der Waals surface area contributed by atoms with Gasteiger partial charge in [0.1, 0.15) is 0 Å². The van der Waals surface area contributed by atoms with Gasteiger partial charge in [-0.25, -0.2) is 4.79 Å². The SMILES string of the molecule is COC(C)(CCOCc1ccccc1)C(=O)O. The van der Waals surface area contributed by atoms with Crippen molar-refractivity contribution in [1.82, 2.24) is 0 Å². The zero-order valence-corrected chi connectivity index (χ0v) is 10.2. The van der Waals surface area contributed by atoms with E-state index >= 15 is 0 Å². The van der Waals surface area contributed by atoms with Gasteiger partial charge in [-0.05, 0) is 12.5 Å². The molecule has 94 valence electrons. The van der Waals surface area contributed by atoms with Crippen molar-refractivity contribution in [3.05, 3.63) is 35.9 Å². The summed E-state index contributed by atoms with van der Waals surface area (Å²) < 4.78 is 10.4. The molecule has 0 aromatic heterocycles. The van der Waals surface area contributed by atoms with E-state index in [9.17, 15) is 4.79 Å². The molecule has 4 nitrogen and oxygen atoms in total. The summed E-state index contributed by atoms with van der Waals surface area (Å²) in [4.78, 5) is 10.9. The molecule has 4 heteroatoms. The van der Waals surface area contributed by atoms with Crippen LogP contribution in [0.4, 0.5) is 0 Å². The zero-order valence-electron chi connectivity index (χ0n) is 10.2. The highest BCUT2D eigenvalue weighted by Gasteiger charge is 2.32. The molecular weight excluding hydrogens is 220 g/mol. The quantitative estimate of drug-likeness (QED) is 0.739. The second-order valence-corrected chi connectivity index (χ2v) is 4.03. The van der Waals surface area contributed by atoms with Gasteiger partial charge in [0.05, 0.1) is 13.2 Å². The lowest BCUT2D eigenvalue weighted by molar-refractivity contribution is -0.162. The predicted molar refractivity (Wildman–Crippen MR) is 63.8 cm³/mol. The van der Waals surface area contributed by atoms with Gasteiger partial charge in [-0.3, -0.25) is 0 Å². The molecular formula is C13H18O4. The normalized spacial score (nSPS) is 14.2. The van der Waals surface area contributed by atoms with Crippen LogP contribution >= 0.6 is 0 Å². The van der Waals surface area contributed by atoms with Crippen molar-refractivity contribution in [2.24, 2.45) is 0 Å². The number of aliphatic carboxylic acids is 1. The Morgan fingerprint density at radius 3 is 2.53 bits per heavy atom. The topological polar surface area (TPSA) is 55.8 Å². The standard InChI is InChI=1S/C13H18O4/c1-13(16-2,12(14)15)8-9-17-10-11-6-4-3-5-7-11/h3-7H,8-10H2,1-2H3,(H,14,15). The largest absolute Gasteiger partial charge is 0.479 e.